The zero-order chi connectivity index (χ0) is 13.7. The standard InChI is InChI=1S/C14H18BrN3O/c15-12-2-4-13(5-3-12)18-9-8-17(7-1-6-16)14(10-18)11-19/h2-5,14,19H,1,7-11H2. The summed E-state index contributed by atoms with van der Waals surface area (Å²) in [5.74, 6) is 0. The van der Waals surface area contributed by atoms with E-state index in [4.69, 9.17) is 5.26 Å². The Bertz CT molecular complexity index is 443. The fourth-order valence-corrected chi connectivity index (χ4v) is 2.70. The Morgan fingerprint density at radius 2 is 2.05 bits per heavy atom. The number of rotatable bonds is 4. The van der Waals surface area contributed by atoms with Crippen LogP contribution in [0.4, 0.5) is 5.69 Å². The lowest BCUT2D eigenvalue weighted by Crippen LogP contribution is -2.54. The van der Waals surface area contributed by atoms with Gasteiger partial charge in [0.2, 0.25) is 0 Å². The Labute approximate surface area is 122 Å². The number of halogens is 1. The zero-order valence-electron chi connectivity index (χ0n) is 10.8. The molecule has 0 aromatic heterocycles. The van der Waals surface area contributed by atoms with E-state index >= 15 is 0 Å². The molecule has 0 aliphatic carbocycles. The smallest absolute Gasteiger partial charge is 0.0635 e. The van der Waals surface area contributed by atoms with E-state index in [-0.39, 0.29) is 12.6 Å². The van der Waals surface area contributed by atoms with Crippen molar-refractivity contribution in [3.05, 3.63) is 28.7 Å². The molecule has 4 nitrogen and oxygen atoms in total. The van der Waals surface area contributed by atoms with Gasteiger partial charge in [-0.1, -0.05) is 15.9 Å². The van der Waals surface area contributed by atoms with Crippen LogP contribution >= 0.6 is 15.9 Å². The van der Waals surface area contributed by atoms with Crippen LogP contribution in [0, 0.1) is 11.3 Å². The largest absolute Gasteiger partial charge is 0.395 e. The summed E-state index contributed by atoms with van der Waals surface area (Å²) in [5.41, 5.74) is 1.18. The van der Waals surface area contributed by atoms with E-state index in [2.05, 4.69) is 43.9 Å². The Kier molecular flexibility index (Phi) is 5.20. The average molecular weight is 324 g/mol. The van der Waals surface area contributed by atoms with Gasteiger partial charge < -0.3 is 10.0 Å². The fraction of sp³-hybridized carbons (Fsp3) is 0.500. The number of nitrogens with zero attached hydrogens (tertiary/aromatic N) is 3. The van der Waals surface area contributed by atoms with E-state index in [0.717, 1.165) is 30.7 Å². The SMILES string of the molecule is N#CCCN1CCN(c2ccc(Br)cc2)CC1CO. The molecule has 1 N–H and O–H groups in total. The van der Waals surface area contributed by atoms with Crippen molar-refractivity contribution >= 4 is 21.6 Å². The molecule has 0 radical (unpaired) electrons. The third-order valence-corrected chi connectivity index (χ3v) is 4.05. The van der Waals surface area contributed by atoms with Crippen LogP contribution in [0.2, 0.25) is 0 Å². The number of nitriles is 1. The summed E-state index contributed by atoms with van der Waals surface area (Å²) in [6.07, 6.45) is 0.523. The van der Waals surface area contributed by atoms with E-state index in [1.165, 1.54) is 5.69 Å². The molecule has 102 valence electrons. The third-order valence-electron chi connectivity index (χ3n) is 3.52. The van der Waals surface area contributed by atoms with Crippen LogP contribution in [0.3, 0.4) is 0 Å². The number of hydrogen-bond acceptors (Lipinski definition) is 4. The van der Waals surface area contributed by atoms with Crippen LogP contribution in [-0.4, -0.2) is 48.8 Å². The second-order valence-corrected chi connectivity index (χ2v) is 5.62. The number of hydrogen-bond donors (Lipinski definition) is 1. The predicted octanol–water partition coefficient (Wildman–Crippen LogP) is 1.85. The molecule has 0 saturated carbocycles. The van der Waals surface area contributed by atoms with E-state index in [9.17, 15) is 5.11 Å². The molecule has 19 heavy (non-hydrogen) atoms. The number of aliphatic hydroxyl groups excluding tert-OH is 1. The van der Waals surface area contributed by atoms with Gasteiger partial charge in [0, 0.05) is 42.8 Å². The van der Waals surface area contributed by atoms with E-state index in [1.54, 1.807) is 0 Å². The average Bonchev–Trinajstić information content (AvgIpc) is 2.46. The lowest BCUT2D eigenvalue weighted by molar-refractivity contribution is 0.113. The Balaban J connectivity index is 2.00. The summed E-state index contributed by atoms with van der Waals surface area (Å²) in [6, 6.07) is 10.5. The van der Waals surface area contributed by atoms with E-state index < -0.39 is 0 Å². The molecule has 1 unspecified atom stereocenters. The van der Waals surface area contributed by atoms with Crippen molar-refractivity contribution in [2.75, 3.05) is 37.7 Å². The van der Waals surface area contributed by atoms with Crippen molar-refractivity contribution in [2.45, 2.75) is 12.5 Å². The van der Waals surface area contributed by atoms with Gasteiger partial charge in [-0.05, 0) is 24.3 Å². The summed E-state index contributed by atoms with van der Waals surface area (Å²) in [5, 5.41) is 18.2. The zero-order valence-corrected chi connectivity index (χ0v) is 12.4. The molecule has 1 fully saturated rings. The van der Waals surface area contributed by atoms with Crippen molar-refractivity contribution in [1.82, 2.24) is 4.90 Å². The second-order valence-electron chi connectivity index (χ2n) is 4.70. The minimum atomic E-state index is 0.116. The molecule has 1 saturated heterocycles. The topological polar surface area (TPSA) is 50.5 Å². The summed E-state index contributed by atoms with van der Waals surface area (Å²) in [7, 11) is 0. The first-order valence-electron chi connectivity index (χ1n) is 6.47. The molecule has 1 heterocycles. The van der Waals surface area contributed by atoms with Crippen LogP contribution in [0.25, 0.3) is 0 Å². The van der Waals surface area contributed by atoms with Gasteiger partial charge in [-0.3, -0.25) is 4.90 Å². The van der Waals surface area contributed by atoms with Gasteiger partial charge in [-0.25, -0.2) is 0 Å². The molecule has 5 heteroatoms. The quantitative estimate of drug-likeness (QED) is 0.918. The molecular formula is C14H18BrN3O. The minimum absolute atomic E-state index is 0.116. The third kappa shape index (κ3) is 3.69. The highest BCUT2D eigenvalue weighted by atomic mass is 79.9. The summed E-state index contributed by atoms with van der Waals surface area (Å²) in [4.78, 5) is 4.49. The minimum Gasteiger partial charge on any atom is -0.395 e. The Morgan fingerprint density at radius 1 is 1.32 bits per heavy atom. The van der Waals surface area contributed by atoms with E-state index in [0.29, 0.717) is 6.42 Å². The van der Waals surface area contributed by atoms with Gasteiger partial charge >= 0.3 is 0 Å². The second kappa shape index (κ2) is 6.90. The van der Waals surface area contributed by atoms with Crippen LogP contribution in [0.5, 0.6) is 0 Å². The van der Waals surface area contributed by atoms with Gasteiger partial charge in [-0.15, -0.1) is 0 Å². The summed E-state index contributed by atoms with van der Waals surface area (Å²) >= 11 is 3.44. The van der Waals surface area contributed by atoms with Gasteiger partial charge in [0.1, 0.15) is 0 Å². The molecule has 1 atom stereocenters. The first-order valence-corrected chi connectivity index (χ1v) is 7.26. The summed E-state index contributed by atoms with van der Waals surface area (Å²) in [6.45, 7) is 3.52. The lowest BCUT2D eigenvalue weighted by atomic mass is 10.1. The van der Waals surface area contributed by atoms with Gasteiger partial charge in [0.15, 0.2) is 0 Å². The highest BCUT2D eigenvalue weighted by Crippen LogP contribution is 2.21. The molecule has 0 amide bonds. The molecule has 1 aromatic rings. The number of anilines is 1. The molecular weight excluding hydrogens is 306 g/mol. The molecule has 1 aliphatic heterocycles. The number of piperazine rings is 1. The fourth-order valence-electron chi connectivity index (χ4n) is 2.44. The normalized spacial score (nSPS) is 20.3. The molecule has 2 rings (SSSR count). The van der Waals surface area contributed by atoms with Gasteiger partial charge in [0.05, 0.1) is 18.7 Å². The van der Waals surface area contributed by atoms with Crippen molar-refractivity contribution in [2.24, 2.45) is 0 Å². The maximum atomic E-state index is 9.51. The summed E-state index contributed by atoms with van der Waals surface area (Å²) < 4.78 is 1.07. The maximum absolute atomic E-state index is 9.51. The van der Waals surface area contributed by atoms with Crippen LogP contribution in [0.1, 0.15) is 6.42 Å². The number of benzene rings is 1. The Hall–Kier alpha value is -1.09. The van der Waals surface area contributed by atoms with Crippen LogP contribution in [-0.2, 0) is 0 Å². The van der Waals surface area contributed by atoms with Crippen molar-refractivity contribution in [3.63, 3.8) is 0 Å². The van der Waals surface area contributed by atoms with Crippen LogP contribution < -0.4 is 4.90 Å². The molecule has 0 spiro atoms. The highest BCUT2D eigenvalue weighted by molar-refractivity contribution is 9.10. The first-order chi connectivity index (χ1) is 9.24. The monoisotopic (exact) mass is 323 g/mol. The van der Waals surface area contributed by atoms with Crippen molar-refractivity contribution in [3.8, 4) is 6.07 Å². The molecule has 1 aromatic carbocycles. The number of aliphatic hydroxyl groups is 1. The van der Waals surface area contributed by atoms with Gasteiger partial charge in [0.25, 0.3) is 0 Å². The van der Waals surface area contributed by atoms with Gasteiger partial charge in [-0.2, -0.15) is 5.26 Å². The van der Waals surface area contributed by atoms with Crippen molar-refractivity contribution < 1.29 is 5.11 Å². The van der Waals surface area contributed by atoms with Crippen LogP contribution in [0.15, 0.2) is 28.7 Å². The van der Waals surface area contributed by atoms with E-state index in [1.807, 2.05) is 12.1 Å². The predicted molar refractivity (Wildman–Crippen MR) is 79.0 cm³/mol. The maximum Gasteiger partial charge on any atom is 0.0635 e. The highest BCUT2D eigenvalue weighted by Gasteiger charge is 2.26. The molecule has 0 bridgehead atoms. The Morgan fingerprint density at radius 3 is 2.68 bits per heavy atom. The first kappa shape index (κ1) is 14.3. The van der Waals surface area contributed by atoms with Crippen molar-refractivity contribution in [1.29, 1.82) is 5.26 Å². The lowest BCUT2D eigenvalue weighted by Gasteiger charge is -2.41. The molecule has 1 aliphatic rings.